The summed E-state index contributed by atoms with van der Waals surface area (Å²) in [6.45, 7) is 10.4. The molecule has 0 aliphatic carbocycles. The van der Waals surface area contributed by atoms with Gasteiger partial charge in [0.1, 0.15) is 24.8 Å². The van der Waals surface area contributed by atoms with Crippen LogP contribution in [0.2, 0.25) is 0 Å². The van der Waals surface area contributed by atoms with Crippen molar-refractivity contribution in [1.29, 1.82) is 0 Å². The normalized spacial score (nSPS) is 29.0. The number of hydrogen-bond donors (Lipinski definition) is 1. The maximum Gasteiger partial charge on any atom is 0.311 e. The summed E-state index contributed by atoms with van der Waals surface area (Å²) in [6, 6.07) is 6.78. The zero-order chi connectivity index (χ0) is 27.7. The van der Waals surface area contributed by atoms with Crippen molar-refractivity contribution in [2.75, 3.05) is 26.3 Å². The van der Waals surface area contributed by atoms with Crippen molar-refractivity contribution in [1.82, 2.24) is 24.8 Å². The molecule has 208 valence electrons. The highest BCUT2D eigenvalue weighted by molar-refractivity contribution is 8.02. The van der Waals surface area contributed by atoms with Gasteiger partial charge in [-0.3, -0.25) is 14.4 Å². The fraction of sp³-hybridized carbons (Fsp3) is 0.536. The highest BCUT2D eigenvalue weighted by Gasteiger charge is 2.76. The van der Waals surface area contributed by atoms with Crippen LogP contribution in [0.5, 0.6) is 0 Å². The van der Waals surface area contributed by atoms with E-state index in [9.17, 15) is 19.5 Å². The number of thioether (sulfide) groups is 1. The van der Waals surface area contributed by atoms with Crippen molar-refractivity contribution < 1.29 is 24.2 Å². The third kappa shape index (κ3) is 4.45. The second kappa shape index (κ2) is 11.1. The van der Waals surface area contributed by atoms with Gasteiger partial charge in [-0.2, -0.15) is 0 Å². The molecule has 10 nitrogen and oxygen atoms in total. The summed E-state index contributed by atoms with van der Waals surface area (Å²) in [6.07, 6.45) is 4.97. The van der Waals surface area contributed by atoms with Crippen LogP contribution in [-0.2, 0) is 25.8 Å². The van der Waals surface area contributed by atoms with Gasteiger partial charge in [0.05, 0.1) is 22.1 Å². The molecule has 3 fully saturated rings. The number of likely N-dealkylation sites (tertiary alicyclic amines) is 1. The Kier molecular flexibility index (Phi) is 7.82. The van der Waals surface area contributed by atoms with E-state index in [0.717, 1.165) is 17.5 Å². The number of aliphatic hydroxyl groups excluding tert-OH is 1. The van der Waals surface area contributed by atoms with Crippen molar-refractivity contribution in [3.8, 4) is 0 Å². The topological polar surface area (TPSA) is 118 Å². The Morgan fingerprint density at radius 3 is 2.82 bits per heavy atom. The second-order valence-corrected chi connectivity index (χ2v) is 12.1. The number of aromatic nitrogens is 3. The lowest BCUT2D eigenvalue weighted by Crippen LogP contribution is -2.57. The third-order valence-electron chi connectivity index (χ3n) is 8.29. The van der Waals surface area contributed by atoms with Crippen LogP contribution in [0.1, 0.15) is 26.2 Å². The van der Waals surface area contributed by atoms with Crippen molar-refractivity contribution in [3.63, 3.8) is 0 Å². The summed E-state index contributed by atoms with van der Waals surface area (Å²) in [5, 5.41) is 17.8. The molecule has 0 radical (unpaired) electrons. The molecule has 4 heterocycles. The van der Waals surface area contributed by atoms with Gasteiger partial charge in [-0.25, -0.2) is 4.68 Å². The molecule has 3 saturated heterocycles. The number of unbranched alkanes of at least 4 members (excludes halogenated alkanes) is 1. The average molecular weight is 554 g/mol. The fourth-order valence-corrected chi connectivity index (χ4v) is 9.07. The van der Waals surface area contributed by atoms with Gasteiger partial charge in [-0.15, -0.1) is 23.4 Å². The van der Waals surface area contributed by atoms with Gasteiger partial charge in [-0.05, 0) is 37.3 Å². The lowest BCUT2D eigenvalue weighted by atomic mass is 9.66. The zero-order valence-electron chi connectivity index (χ0n) is 22.1. The molecule has 2 aromatic rings. The van der Waals surface area contributed by atoms with E-state index in [4.69, 9.17) is 4.74 Å². The number of carbonyl (C=O) groups is 3. The molecule has 3 aliphatic heterocycles. The molecule has 3 aliphatic rings. The predicted octanol–water partition coefficient (Wildman–Crippen LogP) is 2.24. The first-order valence-electron chi connectivity index (χ1n) is 13.4. The summed E-state index contributed by atoms with van der Waals surface area (Å²) < 4.78 is 6.37. The van der Waals surface area contributed by atoms with Gasteiger partial charge in [0.15, 0.2) is 0 Å². The molecule has 2 bridgehead atoms. The Hall–Kier alpha value is -3.18. The number of amides is 2. The van der Waals surface area contributed by atoms with Crippen LogP contribution in [0.25, 0.3) is 11.0 Å². The summed E-state index contributed by atoms with van der Waals surface area (Å²) in [5.41, 5.74) is 1.52. The second-order valence-electron chi connectivity index (χ2n) is 10.5. The first-order chi connectivity index (χ1) is 18.9. The summed E-state index contributed by atoms with van der Waals surface area (Å²) in [4.78, 5) is 45.1. The van der Waals surface area contributed by atoms with E-state index in [1.54, 1.807) is 32.3 Å². The number of ether oxygens (including phenoxy) is 1. The Balaban J connectivity index is 1.52. The predicted molar refractivity (Wildman–Crippen MR) is 147 cm³/mol. The Morgan fingerprint density at radius 2 is 2.08 bits per heavy atom. The van der Waals surface area contributed by atoms with E-state index < -0.39 is 28.6 Å². The number of fused-ring (bicyclic) bond motifs is 2. The summed E-state index contributed by atoms with van der Waals surface area (Å²) in [5.74, 6) is -2.00. The summed E-state index contributed by atoms with van der Waals surface area (Å²) >= 11 is 1.61. The molecule has 6 atom stereocenters. The van der Waals surface area contributed by atoms with Gasteiger partial charge in [0.2, 0.25) is 11.8 Å². The number of esters is 1. The Labute approximate surface area is 232 Å². The largest absolute Gasteiger partial charge is 0.461 e. The highest BCUT2D eigenvalue weighted by atomic mass is 32.2. The van der Waals surface area contributed by atoms with Crippen LogP contribution in [-0.4, -0.2) is 90.0 Å². The van der Waals surface area contributed by atoms with Crippen molar-refractivity contribution in [2.45, 2.75) is 48.9 Å². The number of aliphatic hydroxyl groups is 1. The van der Waals surface area contributed by atoms with Gasteiger partial charge < -0.3 is 19.6 Å². The van der Waals surface area contributed by atoms with E-state index in [1.165, 1.54) is 6.08 Å². The summed E-state index contributed by atoms with van der Waals surface area (Å²) in [7, 11) is 0. The zero-order valence-corrected chi connectivity index (χ0v) is 23.0. The first-order valence-corrected chi connectivity index (χ1v) is 14.3. The van der Waals surface area contributed by atoms with Gasteiger partial charge in [0, 0.05) is 24.9 Å². The number of hydrogen-bond acceptors (Lipinski definition) is 8. The molecular formula is C28H35N5O5S. The molecule has 1 N–H and O–H groups in total. The third-order valence-corrected chi connectivity index (χ3v) is 10.4. The maximum atomic E-state index is 14.5. The molecule has 5 rings (SSSR count). The number of rotatable bonds is 12. The first kappa shape index (κ1) is 27.4. The molecule has 11 heteroatoms. The number of benzene rings is 1. The van der Waals surface area contributed by atoms with Crippen LogP contribution >= 0.6 is 11.8 Å². The number of para-hydroxylation sites is 1. The lowest BCUT2D eigenvalue weighted by molar-refractivity contribution is -0.153. The van der Waals surface area contributed by atoms with Crippen LogP contribution < -0.4 is 0 Å². The molecular weight excluding hydrogens is 518 g/mol. The highest BCUT2D eigenvalue weighted by Crippen LogP contribution is 2.68. The van der Waals surface area contributed by atoms with E-state index in [2.05, 4.69) is 30.4 Å². The Morgan fingerprint density at radius 1 is 1.28 bits per heavy atom. The maximum absolute atomic E-state index is 14.5. The van der Waals surface area contributed by atoms with E-state index in [1.807, 2.05) is 24.3 Å². The molecule has 3 unspecified atom stereocenters. The van der Waals surface area contributed by atoms with Crippen molar-refractivity contribution >= 4 is 40.6 Å². The standard InChI is InChI=1S/C28H35N5O5S/c1-4-12-31(17-33-20-11-7-6-10-19(20)29-30-33)26(36)24-28-18(3)16-21(39-28)22(27(37)38-15-5-2)23(28)25(35)32(24)13-8-9-14-34/h4-7,10-11,18,21-24,34H,1-2,8-9,12-17H2,3H3/t18?,21-,22+,23-,24?,28?/m0/s1. The van der Waals surface area contributed by atoms with Gasteiger partial charge in [0.25, 0.3) is 0 Å². The van der Waals surface area contributed by atoms with Crippen molar-refractivity contribution in [2.24, 2.45) is 17.8 Å². The monoisotopic (exact) mass is 553 g/mol. The van der Waals surface area contributed by atoms with Crippen LogP contribution in [0.4, 0.5) is 0 Å². The van der Waals surface area contributed by atoms with E-state index in [-0.39, 0.29) is 49.4 Å². The van der Waals surface area contributed by atoms with E-state index in [0.29, 0.717) is 19.4 Å². The average Bonchev–Trinajstić information content (AvgIpc) is 3.65. The molecule has 1 spiro atoms. The lowest BCUT2D eigenvalue weighted by Gasteiger charge is -2.40. The van der Waals surface area contributed by atoms with Crippen LogP contribution in [0.15, 0.2) is 49.6 Å². The SMILES string of the molecule is C=CCOC(=O)[C@@H]1[C@@H]2CC(C)C3(S2)C(C(=O)N(CC=C)Cn2nnc4ccccc42)N(CCCCO)C(=O)[C@H]13. The molecule has 2 amide bonds. The van der Waals surface area contributed by atoms with Crippen LogP contribution in [0.3, 0.4) is 0 Å². The molecule has 39 heavy (non-hydrogen) atoms. The minimum Gasteiger partial charge on any atom is -0.461 e. The van der Waals surface area contributed by atoms with Crippen molar-refractivity contribution in [3.05, 3.63) is 49.6 Å². The molecule has 1 aromatic heterocycles. The van der Waals surface area contributed by atoms with E-state index >= 15 is 0 Å². The minimum absolute atomic E-state index is 0.000901. The van der Waals surface area contributed by atoms with Gasteiger partial charge >= 0.3 is 5.97 Å². The number of carbonyl (C=O) groups excluding carboxylic acids is 3. The smallest absolute Gasteiger partial charge is 0.311 e. The minimum atomic E-state index is -0.759. The molecule has 0 saturated carbocycles. The Bertz CT molecular complexity index is 1280. The van der Waals surface area contributed by atoms with Gasteiger partial charge in [-0.1, -0.05) is 43.0 Å². The number of nitrogens with zero attached hydrogens (tertiary/aromatic N) is 5. The fourth-order valence-electron chi connectivity index (χ4n) is 6.67. The van der Waals surface area contributed by atoms with Crippen LogP contribution in [0, 0.1) is 17.8 Å². The molecule has 1 aromatic carbocycles. The quantitative estimate of drug-likeness (QED) is 0.242.